The molecule has 2 aliphatic heterocycles. The number of carbonyl (C=O) groups excluding carboxylic acids is 1. The number of phenols is 1. The number of rotatable bonds is 6. The van der Waals surface area contributed by atoms with Crippen LogP contribution >= 0.6 is 0 Å². The zero-order chi connectivity index (χ0) is 28.2. The third-order valence-corrected chi connectivity index (χ3v) is 7.26. The fourth-order valence-corrected chi connectivity index (χ4v) is 5.09. The molecule has 0 bridgehead atoms. The molecule has 13 heteroatoms. The number of phenolic OH excluding ortho intramolecular Hbond substituents is 1. The van der Waals surface area contributed by atoms with E-state index in [1.165, 1.54) is 18.2 Å². The fourth-order valence-electron chi connectivity index (χ4n) is 5.09. The van der Waals surface area contributed by atoms with Gasteiger partial charge in [-0.2, -0.15) is 0 Å². The lowest BCUT2D eigenvalue weighted by Gasteiger charge is -2.40. The average Bonchev–Trinajstić information content (AvgIpc) is 3.17. The highest BCUT2D eigenvalue weighted by Gasteiger charge is 2.49. The van der Waals surface area contributed by atoms with Gasteiger partial charge in [-0.15, -0.1) is 0 Å². The lowest BCUT2D eigenvalue weighted by molar-refractivity contribution is -0.277. The Hall–Kier alpha value is -2.85. The maximum Gasteiger partial charge on any atom is 0.229 e. The summed E-state index contributed by atoms with van der Waals surface area (Å²) in [5.41, 5.74) is -0.238. The highest BCUT2D eigenvalue weighted by molar-refractivity contribution is 6.15. The molecule has 2 fully saturated rings. The smallest absolute Gasteiger partial charge is 0.229 e. The zero-order valence-corrected chi connectivity index (χ0v) is 20.8. The number of benzene rings is 2. The number of aliphatic hydroxyl groups excluding tert-OH is 6. The van der Waals surface area contributed by atoms with Gasteiger partial charge >= 0.3 is 0 Å². The Balaban J connectivity index is 1.55. The van der Waals surface area contributed by atoms with Crippen molar-refractivity contribution in [1.29, 1.82) is 0 Å². The van der Waals surface area contributed by atoms with Gasteiger partial charge in [-0.3, -0.25) is 4.79 Å². The first kappa shape index (κ1) is 27.7. The predicted molar refractivity (Wildman–Crippen MR) is 128 cm³/mol. The van der Waals surface area contributed by atoms with Crippen LogP contribution < -0.4 is 9.47 Å². The van der Waals surface area contributed by atoms with Crippen LogP contribution in [-0.2, 0) is 15.9 Å². The molecule has 1 aliphatic carbocycles. The molecule has 2 aromatic carbocycles. The van der Waals surface area contributed by atoms with Crippen LogP contribution in [-0.4, -0.2) is 115 Å². The molecular weight excluding hydrogens is 520 g/mol. The summed E-state index contributed by atoms with van der Waals surface area (Å²) >= 11 is 0. The Morgan fingerprint density at radius 3 is 2.33 bits per heavy atom. The van der Waals surface area contributed by atoms with Crippen molar-refractivity contribution in [1.82, 2.24) is 0 Å². The quantitative estimate of drug-likeness (QED) is 0.164. The molecule has 2 saturated heterocycles. The van der Waals surface area contributed by atoms with Gasteiger partial charge in [0.1, 0.15) is 53.4 Å². The van der Waals surface area contributed by atoms with Crippen molar-refractivity contribution in [2.45, 2.75) is 62.0 Å². The molecule has 3 aliphatic rings. The van der Waals surface area contributed by atoms with Gasteiger partial charge in [-0.25, -0.2) is 0 Å². The minimum Gasteiger partial charge on any atom is -0.507 e. The number of aromatic hydroxyl groups is 1. The summed E-state index contributed by atoms with van der Waals surface area (Å²) in [5, 5.41) is 81.0. The van der Waals surface area contributed by atoms with Crippen LogP contribution in [0.25, 0.3) is 0 Å². The summed E-state index contributed by atoms with van der Waals surface area (Å²) in [7, 11) is 0. The average molecular weight is 551 g/mol. The Morgan fingerprint density at radius 2 is 1.67 bits per heavy atom. The molecule has 0 amide bonds. The van der Waals surface area contributed by atoms with Crippen LogP contribution in [0.15, 0.2) is 24.3 Å². The molecule has 8 atom stereocenters. The third kappa shape index (κ3) is 4.75. The molecule has 5 rings (SSSR count). The van der Waals surface area contributed by atoms with E-state index in [4.69, 9.17) is 18.9 Å². The Bertz CT molecular complexity index is 1260. The SMILES string of the molecule is Cc1cc(O)c2c(c1)Cc1cc(O[C@@H]3OC[C@](O)(CO)[C@H]3O)cc(O[C@@H]3O[C@H](CO)[C@@H](O)[C@H](O)[C@H]3O)c1C2=O. The van der Waals surface area contributed by atoms with E-state index in [2.05, 4.69) is 0 Å². The van der Waals surface area contributed by atoms with Crippen LogP contribution in [0.5, 0.6) is 17.2 Å². The summed E-state index contributed by atoms with van der Waals surface area (Å²) in [4.78, 5) is 13.6. The molecule has 0 spiro atoms. The van der Waals surface area contributed by atoms with Gasteiger partial charge in [0.05, 0.1) is 30.9 Å². The van der Waals surface area contributed by atoms with Gasteiger partial charge in [-0.05, 0) is 42.2 Å². The lowest BCUT2D eigenvalue weighted by Crippen LogP contribution is -2.60. The predicted octanol–water partition coefficient (Wildman–Crippen LogP) is -2.17. The minimum atomic E-state index is -1.95. The molecule has 0 aromatic heterocycles. The number of fused-ring (bicyclic) bond motifs is 2. The molecule has 13 nitrogen and oxygen atoms in total. The maximum absolute atomic E-state index is 13.6. The van der Waals surface area contributed by atoms with E-state index in [0.717, 1.165) is 5.56 Å². The second-order valence-corrected chi connectivity index (χ2v) is 10.1. The van der Waals surface area contributed by atoms with Crippen molar-refractivity contribution in [3.8, 4) is 17.2 Å². The second kappa shape index (κ2) is 10.3. The molecule has 0 radical (unpaired) electrons. The molecule has 39 heavy (non-hydrogen) atoms. The van der Waals surface area contributed by atoms with Crippen LogP contribution in [0.3, 0.4) is 0 Å². The van der Waals surface area contributed by atoms with E-state index in [1.807, 2.05) is 0 Å². The largest absolute Gasteiger partial charge is 0.507 e. The molecule has 8 N–H and O–H groups in total. The van der Waals surface area contributed by atoms with E-state index in [9.17, 15) is 45.6 Å². The van der Waals surface area contributed by atoms with Gasteiger partial charge in [0.25, 0.3) is 0 Å². The third-order valence-electron chi connectivity index (χ3n) is 7.26. The Morgan fingerprint density at radius 1 is 0.949 bits per heavy atom. The van der Waals surface area contributed by atoms with E-state index in [0.29, 0.717) is 11.1 Å². The van der Waals surface area contributed by atoms with Gasteiger partial charge in [0.2, 0.25) is 18.4 Å². The molecule has 2 aromatic rings. The molecule has 2 heterocycles. The van der Waals surface area contributed by atoms with E-state index in [1.54, 1.807) is 13.0 Å². The first-order chi connectivity index (χ1) is 18.5. The molecule has 0 unspecified atom stereocenters. The number of aryl methyl sites for hydroxylation is 1. The highest BCUT2D eigenvalue weighted by Crippen LogP contribution is 2.41. The topological polar surface area (TPSA) is 216 Å². The number of hydrogen-bond donors (Lipinski definition) is 8. The first-order valence-corrected chi connectivity index (χ1v) is 12.3. The second-order valence-electron chi connectivity index (χ2n) is 10.1. The Kier molecular flexibility index (Phi) is 7.30. The molecule has 212 valence electrons. The summed E-state index contributed by atoms with van der Waals surface area (Å²) < 4.78 is 22.3. The van der Waals surface area contributed by atoms with Gasteiger partial charge < -0.3 is 59.8 Å². The number of carbonyl (C=O) groups is 1. The number of hydrogen-bond acceptors (Lipinski definition) is 13. The molecule has 0 saturated carbocycles. The maximum atomic E-state index is 13.6. The van der Waals surface area contributed by atoms with Crippen LogP contribution in [0, 0.1) is 6.92 Å². The summed E-state index contributed by atoms with van der Waals surface area (Å²) in [6.45, 7) is -0.124. The van der Waals surface area contributed by atoms with Crippen LogP contribution in [0.4, 0.5) is 0 Å². The van der Waals surface area contributed by atoms with Gasteiger partial charge in [-0.1, -0.05) is 6.07 Å². The normalized spacial score (nSPS) is 33.9. The van der Waals surface area contributed by atoms with Gasteiger partial charge in [0, 0.05) is 6.07 Å². The monoisotopic (exact) mass is 550 g/mol. The number of ether oxygens (including phenoxy) is 4. The number of aliphatic hydroxyl groups is 7. The summed E-state index contributed by atoms with van der Waals surface area (Å²) in [5.74, 6) is -0.993. The van der Waals surface area contributed by atoms with Crippen molar-refractivity contribution in [2.75, 3.05) is 19.8 Å². The lowest BCUT2D eigenvalue weighted by atomic mass is 9.83. The van der Waals surface area contributed by atoms with E-state index in [-0.39, 0.29) is 34.8 Å². The molecular formula is C26H30O13. The minimum absolute atomic E-state index is 0.00529. The standard InChI is InChI=1S/C26H30O13/c1-10-2-11-4-12-5-13(37-25-23(34)26(35,8-28)9-36-25)6-15(18(12)20(31)17(11)14(29)3-10)38-24-22(33)21(32)19(30)16(7-27)39-24/h2-3,5-6,16,19,21-25,27-30,32-35H,4,7-9H2,1H3/t16-,19-,21+,22-,23+,24-,25+,26-/m1/s1. The Labute approximate surface area is 222 Å². The van der Waals surface area contributed by atoms with Crippen LogP contribution in [0.1, 0.15) is 32.6 Å². The van der Waals surface area contributed by atoms with Crippen molar-refractivity contribution < 1.29 is 64.6 Å². The fraction of sp³-hybridized carbons (Fsp3) is 0.500. The summed E-state index contributed by atoms with van der Waals surface area (Å²) in [6.07, 6.45) is -10.9. The summed E-state index contributed by atoms with van der Waals surface area (Å²) in [6, 6.07) is 5.91. The van der Waals surface area contributed by atoms with Gasteiger partial charge in [0.15, 0.2) is 0 Å². The van der Waals surface area contributed by atoms with Crippen LogP contribution in [0.2, 0.25) is 0 Å². The van der Waals surface area contributed by atoms with E-state index < -0.39 is 74.3 Å². The zero-order valence-electron chi connectivity index (χ0n) is 20.8. The number of ketones is 1. The van der Waals surface area contributed by atoms with E-state index >= 15 is 0 Å². The van der Waals surface area contributed by atoms with Crippen molar-refractivity contribution in [3.05, 3.63) is 52.1 Å². The van der Waals surface area contributed by atoms with Crippen molar-refractivity contribution >= 4 is 5.78 Å². The van der Waals surface area contributed by atoms with Crippen molar-refractivity contribution in [3.63, 3.8) is 0 Å². The van der Waals surface area contributed by atoms with Crippen molar-refractivity contribution in [2.24, 2.45) is 0 Å². The first-order valence-electron chi connectivity index (χ1n) is 12.3. The highest BCUT2D eigenvalue weighted by atomic mass is 16.7.